The molecule has 0 saturated heterocycles. The summed E-state index contributed by atoms with van der Waals surface area (Å²) >= 11 is 0. The van der Waals surface area contributed by atoms with Gasteiger partial charge in [0, 0.05) is 11.3 Å². The SMILES string of the molecule is CC(C)CCCC1=CCCC(C)(C=O)C1C=O. The maximum atomic E-state index is 11.2. The minimum absolute atomic E-state index is 0.194. The fraction of sp³-hybridized carbons (Fsp3) is 0.733. The molecule has 2 heteroatoms. The molecule has 0 radical (unpaired) electrons. The van der Waals surface area contributed by atoms with Crippen molar-refractivity contribution in [2.45, 2.75) is 52.9 Å². The van der Waals surface area contributed by atoms with Crippen molar-refractivity contribution in [3.05, 3.63) is 11.6 Å². The molecule has 96 valence electrons. The summed E-state index contributed by atoms with van der Waals surface area (Å²) in [4.78, 5) is 22.4. The van der Waals surface area contributed by atoms with Gasteiger partial charge in [-0.25, -0.2) is 0 Å². The maximum Gasteiger partial charge on any atom is 0.128 e. The Morgan fingerprint density at radius 2 is 2.18 bits per heavy atom. The molecule has 2 atom stereocenters. The summed E-state index contributed by atoms with van der Waals surface area (Å²) in [5.74, 6) is 0.507. The van der Waals surface area contributed by atoms with E-state index in [-0.39, 0.29) is 5.92 Å². The molecular formula is C15H24O2. The summed E-state index contributed by atoms with van der Waals surface area (Å²) in [6.07, 6.45) is 9.10. The maximum absolute atomic E-state index is 11.2. The molecule has 0 N–H and O–H groups in total. The van der Waals surface area contributed by atoms with Crippen LogP contribution >= 0.6 is 0 Å². The van der Waals surface area contributed by atoms with E-state index in [4.69, 9.17) is 0 Å². The van der Waals surface area contributed by atoms with Crippen molar-refractivity contribution in [3.63, 3.8) is 0 Å². The molecule has 0 aromatic rings. The molecule has 2 nitrogen and oxygen atoms in total. The van der Waals surface area contributed by atoms with E-state index < -0.39 is 5.41 Å². The summed E-state index contributed by atoms with van der Waals surface area (Å²) in [6.45, 7) is 6.33. The van der Waals surface area contributed by atoms with Gasteiger partial charge >= 0.3 is 0 Å². The van der Waals surface area contributed by atoms with Crippen LogP contribution in [0.5, 0.6) is 0 Å². The fourth-order valence-corrected chi connectivity index (χ4v) is 2.62. The van der Waals surface area contributed by atoms with E-state index in [0.29, 0.717) is 5.92 Å². The lowest BCUT2D eigenvalue weighted by molar-refractivity contribution is -0.124. The lowest BCUT2D eigenvalue weighted by Gasteiger charge is -2.34. The summed E-state index contributed by atoms with van der Waals surface area (Å²) in [7, 11) is 0. The standard InChI is InChI=1S/C15H24O2/c1-12(2)6-4-7-13-8-5-9-15(3,11-17)14(13)10-16/h8,10-12,14H,4-7,9H2,1-3H3. The second-order valence-corrected chi connectivity index (χ2v) is 5.84. The van der Waals surface area contributed by atoms with Gasteiger partial charge in [-0.3, -0.25) is 0 Å². The van der Waals surface area contributed by atoms with E-state index in [9.17, 15) is 9.59 Å². The van der Waals surface area contributed by atoms with E-state index >= 15 is 0 Å². The first-order valence-electron chi connectivity index (χ1n) is 6.64. The molecule has 0 bridgehead atoms. The minimum atomic E-state index is -0.469. The van der Waals surface area contributed by atoms with Crippen LogP contribution in [-0.4, -0.2) is 12.6 Å². The number of carbonyl (C=O) groups is 2. The van der Waals surface area contributed by atoms with E-state index in [1.807, 2.05) is 6.92 Å². The van der Waals surface area contributed by atoms with Gasteiger partial charge in [-0.05, 0) is 31.6 Å². The Hall–Kier alpha value is -0.920. The van der Waals surface area contributed by atoms with Crippen LogP contribution in [0.25, 0.3) is 0 Å². The Morgan fingerprint density at radius 3 is 2.71 bits per heavy atom. The number of hydrogen-bond donors (Lipinski definition) is 0. The molecule has 0 aromatic heterocycles. The van der Waals surface area contributed by atoms with E-state index in [2.05, 4.69) is 19.9 Å². The molecular weight excluding hydrogens is 212 g/mol. The third-order valence-corrected chi connectivity index (χ3v) is 3.85. The molecule has 0 spiro atoms. The highest BCUT2D eigenvalue weighted by molar-refractivity contribution is 5.72. The Kier molecular flexibility index (Phi) is 5.10. The molecule has 0 amide bonds. The highest BCUT2D eigenvalue weighted by atomic mass is 16.1. The van der Waals surface area contributed by atoms with Gasteiger partial charge < -0.3 is 9.59 Å². The largest absolute Gasteiger partial charge is 0.303 e. The van der Waals surface area contributed by atoms with Crippen LogP contribution in [0.2, 0.25) is 0 Å². The third kappa shape index (κ3) is 3.52. The molecule has 0 heterocycles. The van der Waals surface area contributed by atoms with Gasteiger partial charge in [0.05, 0.1) is 0 Å². The lowest BCUT2D eigenvalue weighted by atomic mass is 9.67. The Balaban J connectivity index is 2.67. The van der Waals surface area contributed by atoms with Crippen LogP contribution in [0, 0.1) is 17.3 Å². The first-order valence-corrected chi connectivity index (χ1v) is 6.64. The lowest BCUT2D eigenvalue weighted by Crippen LogP contribution is -2.34. The molecule has 1 aliphatic carbocycles. The summed E-state index contributed by atoms with van der Waals surface area (Å²) < 4.78 is 0. The molecule has 0 saturated carbocycles. The third-order valence-electron chi connectivity index (χ3n) is 3.85. The average Bonchev–Trinajstić information content (AvgIpc) is 2.29. The first kappa shape index (κ1) is 14.1. The van der Waals surface area contributed by atoms with Crippen molar-refractivity contribution in [2.24, 2.45) is 17.3 Å². The Morgan fingerprint density at radius 1 is 1.47 bits per heavy atom. The van der Waals surface area contributed by atoms with Crippen molar-refractivity contribution in [1.29, 1.82) is 0 Å². The van der Waals surface area contributed by atoms with Gasteiger partial charge in [-0.2, -0.15) is 0 Å². The molecule has 1 rings (SSSR count). The quantitative estimate of drug-likeness (QED) is 0.522. The molecule has 17 heavy (non-hydrogen) atoms. The van der Waals surface area contributed by atoms with Crippen molar-refractivity contribution in [1.82, 2.24) is 0 Å². The number of aldehydes is 2. The van der Waals surface area contributed by atoms with Gasteiger partial charge in [0.2, 0.25) is 0 Å². The Bertz CT molecular complexity index is 304. The second-order valence-electron chi connectivity index (χ2n) is 5.84. The van der Waals surface area contributed by atoms with Gasteiger partial charge in [-0.15, -0.1) is 0 Å². The van der Waals surface area contributed by atoms with Crippen molar-refractivity contribution in [3.8, 4) is 0 Å². The van der Waals surface area contributed by atoms with Gasteiger partial charge in [0.15, 0.2) is 0 Å². The van der Waals surface area contributed by atoms with Crippen LogP contribution in [0.4, 0.5) is 0 Å². The van der Waals surface area contributed by atoms with Crippen LogP contribution in [-0.2, 0) is 9.59 Å². The molecule has 0 aliphatic heterocycles. The first-order chi connectivity index (χ1) is 8.03. The summed E-state index contributed by atoms with van der Waals surface area (Å²) in [5.41, 5.74) is 0.713. The fourth-order valence-electron chi connectivity index (χ4n) is 2.62. The number of rotatable bonds is 6. The predicted molar refractivity (Wildman–Crippen MR) is 69.7 cm³/mol. The number of carbonyl (C=O) groups excluding carboxylic acids is 2. The Labute approximate surface area is 104 Å². The highest BCUT2D eigenvalue weighted by Gasteiger charge is 2.37. The molecule has 2 unspecified atom stereocenters. The monoisotopic (exact) mass is 236 g/mol. The van der Waals surface area contributed by atoms with Crippen molar-refractivity contribution >= 4 is 12.6 Å². The van der Waals surface area contributed by atoms with Gasteiger partial charge in [0.25, 0.3) is 0 Å². The topological polar surface area (TPSA) is 34.1 Å². The van der Waals surface area contributed by atoms with Crippen LogP contribution < -0.4 is 0 Å². The predicted octanol–water partition coefficient (Wildman–Crippen LogP) is 3.55. The van der Waals surface area contributed by atoms with E-state index in [1.54, 1.807) is 0 Å². The minimum Gasteiger partial charge on any atom is -0.303 e. The van der Waals surface area contributed by atoms with Crippen LogP contribution in [0.15, 0.2) is 11.6 Å². The average molecular weight is 236 g/mol. The zero-order valence-electron chi connectivity index (χ0n) is 11.2. The van der Waals surface area contributed by atoms with Crippen LogP contribution in [0.1, 0.15) is 52.9 Å². The second kappa shape index (κ2) is 6.13. The van der Waals surface area contributed by atoms with E-state index in [1.165, 1.54) is 12.0 Å². The zero-order valence-corrected chi connectivity index (χ0v) is 11.2. The van der Waals surface area contributed by atoms with Crippen LogP contribution in [0.3, 0.4) is 0 Å². The normalized spacial score (nSPS) is 28.9. The van der Waals surface area contributed by atoms with Crippen molar-refractivity contribution < 1.29 is 9.59 Å². The van der Waals surface area contributed by atoms with Gasteiger partial charge in [-0.1, -0.05) is 38.8 Å². The highest BCUT2D eigenvalue weighted by Crippen LogP contribution is 2.40. The summed E-state index contributed by atoms with van der Waals surface area (Å²) in [6, 6.07) is 0. The van der Waals surface area contributed by atoms with Gasteiger partial charge in [0.1, 0.15) is 12.6 Å². The number of allylic oxidation sites excluding steroid dienone is 2. The molecule has 1 aliphatic rings. The number of hydrogen-bond acceptors (Lipinski definition) is 2. The van der Waals surface area contributed by atoms with E-state index in [0.717, 1.165) is 38.3 Å². The zero-order chi connectivity index (χ0) is 12.9. The molecule has 0 aromatic carbocycles. The molecule has 0 fully saturated rings. The summed E-state index contributed by atoms with van der Waals surface area (Å²) in [5, 5.41) is 0. The smallest absolute Gasteiger partial charge is 0.128 e. The van der Waals surface area contributed by atoms with Crippen molar-refractivity contribution in [2.75, 3.05) is 0 Å².